The average molecular weight is 497 g/mol. The summed E-state index contributed by atoms with van der Waals surface area (Å²) < 4.78 is 0.852. The van der Waals surface area contributed by atoms with Crippen LogP contribution in [-0.4, -0.2) is 42.9 Å². The summed E-state index contributed by atoms with van der Waals surface area (Å²) in [6.45, 7) is 4.52. The maximum absolute atomic E-state index is 13.1. The molecule has 2 heterocycles. The lowest BCUT2D eigenvalue weighted by Crippen LogP contribution is -2.48. The van der Waals surface area contributed by atoms with Crippen molar-refractivity contribution in [1.29, 1.82) is 0 Å². The van der Waals surface area contributed by atoms with E-state index in [-0.39, 0.29) is 11.8 Å². The van der Waals surface area contributed by atoms with Crippen molar-refractivity contribution in [1.82, 2.24) is 4.90 Å². The minimum atomic E-state index is -0.300. The van der Waals surface area contributed by atoms with Gasteiger partial charge in [-0.15, -0.1) is 11.3 Å². The van der Waals surface area contributed by atoms with E-state index in [0.29, 0.717) is 58.2 Å². The van der Waals surface area contributed by atoms with Gasteiger partial charge in [-0.3, -0.25) is 9.59 Å². The fourth-order valence-corrected chi connectivity index (χ4v) is 5.53. The minimum absolute atomic E-state index is 0.156. The number of halogens is 3. The van der Waals surface area contributed by atoms with Crippen molar-refractivity contribution < 1.29 is 9.59 Å². The number of anilines is 2. The second-order valence-corrected chi connectivity index (χ2v) is 9.53. The topological polar surface area (TPSA) is 52.7 Å². The highest BCUT2D eigenvalue weighted by molar-refractivity contribution is 7.21. The molecule has 0 bridgehead atoms. The molecule has 1 aromatic heterocycles. The van der Waals surface area contributed by atoms with Crippen molar-refractivity contribution in [2.24, 2.45) is 0 Å². The Morgan fingerprint density at radius 2 is 1.68 bits per heavy atom. The van der Waals surface area contributed by atoms with E-state index < -0.39 is 0 Å². The number of piperazine rings is 1. The maximum Gasteiger partial charge on any atom is 0.267 e. The standard InChI is InChI=1S/C22H20Cl3N3O2S/c1-2-19(29)28-9-7-27(8-10-28)17-6-4-13(23)11-16(17)26-22(30)21-20(25)15-5-3-14(24)12-18(15)31-21/h3-6,11-12H,2,7-10H2,1H3,(H,26,30). The molecule has 0 atom stereocenters. The highest BCUT2D eigenvalue weighted by atomic mass is 35.5. The molecular weight excluding hydrogens is 477 g/mol. The zero-order valence-corrected chi connectivity index (χ0v) is 19.8. The average Bonchev–Trinajstić information content (AvgIpc) is 3.09. The van der Waals surface area contributed by atoms with Gasteiger partial charge in [-0.1, -0.05) is 47.8 Å². The molecule has 31 heavy (non-hydrogen) atoms. The van der Waals surface area contributed by atoms with Gasteiger partial charge >= 0.3 is 0 Å². The van der Waals surface area contributed by atoms with E-state index in [4.69, 9.17) is 34.8 Å². The van der Waals surface area contributed by atoms with E-state index in [1.54, 1.807) is 24.3 Å². The molecule has 0 radical (unpaired) electrons. The van der Waals surface area contributed by atoms with Crippen LogP contribution in [0.2, 0.25) is 15.1 Å². The predicted molar refractivity (Wildman–Crippen MR) is 130 cm³/mol. The van der Waals surface area contributed by atoms with E-state index in [9.17, 15) is 9.59 Å². The minimum Gasteiger partial charge on any atom is -0.366 e. The molecule has 1 fully saturated rings. The van der Waals surface area contributed by atoms with Gasteiger partial charge in [0.2, 0.25) is 5.91 Å². The van der Waals surface area contributed by atoms with Crippen LogP contribution < -0.4 is 10.2 Å². The third-order valence-corrected chi connectivity index (χ3v) is 7.41. The number of fused-ring (bicyclic) bond motifs is 1. The number of thiophene rings is 1. The number of benzene rings is 2. The Morgan fingerprint density at radius 1 is 1.00 bits per heavy atom. The summed E-state index contributed by atoms with van der Waals surface area (Å²) in [4.78, 5) is 29.5. The molecular formula is C22H20Cl3N3O2S. The third-order valence-electron chi connectivity index (χ3n) is 5.28. The first-order valence-corrected chi connectivity index (χ1v) is 11.8. The van der Waals surface area contributed by atoms with Crippen LogP contribution in [0.5, 0.6) is 0 Å². The summed E-state index contributed by atoms with van der Waals surface area (Å²) >= 11 is 20.1. The lowest BCUT2D eigenvalue weighted by Gasteiger charge is -2.37. The zero-order chi connectivity index (χ0) is 22.1. The van der Waals surface area contributed by atoms with Gasteiger partial charge in [0.25, 0.3) is 5.91 Å². The van der Waals surface area contributed by atoms with Gasteiger partial charge in [-0.2, -0.15) is 0 Å². The number of nitrogens with zero attached hydrogens (tertiary/aromatic N) is 2. The Kier molecular flexibility index (Phi) is 6.63. The predicted octanol–water partition coefficient (Wildman–Crippen LogP) is 6.17. The first-order chi connectivity index (χ1) is 14.9. The van der Waals surface area contributed by atoms with Crippen molar-refractivity contribution in [3.05, 3.63) is 56.3 Å². The Morgan fingerprint density at radius 3 is 2.39 bits per heavy atom. The molecule has 9 heteroatoms. The van der Waals surface area contributed by atoms with E-state index >= 15 is 0 Å². The molecule has 1 N–H and O–H groups in total. The molecule has 0 spiro atoms. The number of hydrogen-bond donors (Lipinski definition) is 1. The van der Waals surface area contributed by atoms with Gasteiger partial charge in [0.05, 0.1) is 16.4 Å². The van der Waals surface area contributed by atoms with Gasteiger partial charge in [0.15, 0.2) is 0 Å². The van der Waals surface area contributed by atoms with Gasteiger partial charge in [-0.05, 0) is 30.3 Å². The smallest absolute Gasteiger partial charge is 0.267 e. The van der Waals surface area contributed by atoms with Crippen molar-refractivity contribution in [2.45, 2.75) is 13.3 Å². The van der Waals surface area contributed by atoms with Crippen LogP contribution in [0.25, 0.3) is 10.1 Å². The van der Waals surface area contributed by atoms with E-state index in [2.05, 4.69) is 10.2 Å². The number of rotatable bonds is 4. The fraction of sp³-hybridized carbons (Fsp3) is 0.273. The number of amides is 2. The highest BCUT2D eigenvalue weighted by Gasteiger charge is 2.24. The summed E-state index contributed by atoms with van der Waals surface area (Å²) in [5.74, 6) is -0.144. The number of carbonyl (C=O) groups is 2. The van der Waals surface area contributed by atoms with E-state index in [1.165, 1.54) is 11.3 Å². The second kappa shape index (κ2) is 9.25. The summed E-state index contributed by atoms with van der Waals surface area (Å²) in [6, 6.07) is 10.8. The largest absolute Gasteiger partial charge is 0.366 e. The Bertz CT molecular complexity index is 1160. The zero-order valence-electron chi connectivity index (χ0n) is 16.8. The van der Waals surface area contributed by atoms with Crippen LogP contribution in [0.4, 0.5) is 11.4 Å². The Labute approximate surface area is 199 Å². The van der Waals surface area contributed by atoms with Crippen molar-refractivity contribution >= 4 is 79.4 Å². The lowest BCUT2D eigenvalue weighted by atomic mass is 10.2. The van der Waals surface area contributed by atoms with Crippen molar-refractivity contribution in [3.63, 3.8) is 0 Å². The molecule has 0 unspecified atom stereocenters. The molecule has 1 aliphatic rings. The van der Waals surface area contributed by atoms with Crippen LogP contribution in [0.3, 0.4) is 0 Å². The Hall–Kier alpha value is -1.99. The molecule has 5 nitrogen and oxygen atoms in total. The lowest BCUT2D eigenvalue weighted by molar-refractivity contribution is -0.131. The molecule has 2 aromatic carbocycles. The molecule has 2 amide bonds. The number of nitrogens with one attached hydrogen (secondary N) is 1. The summed E-state index contributed by atoms with van der Waals surface area (Å²) in [5, 5.41) is 5.29. The van der Waals surface area contributed by atoms with Gasteiger partial charge in [-0.25, -0.2) is 0 Å². The van der Waals surface area contributed by atoms with E-state index in [0.717, 1.165) is 15.8 Å². The molecule has 1 aliphatic heterocycles. The van der Waals surface area contributed by atoms with Gasteiger partial charge in [0, 0.05) is 52.7 Å². The monoisotopic (exact) mass is 495 g/mol. The molecule has 1 saturated heterocycles. The first-order valence-electron chi connectivity index (χ1n) is 9.88. The Balaban J connectivity index is 1.58. The number of carbonyl (C=O) groups excluding carboxylic acids is 2. The summed E-state index contributed by atoms with van der Waals surface area (Å²) in [7, 11) is 0. The van der Waals surface area contributed by atoms with Crippen molar-refractivity contribution in [2.75, 3.05) is 36.4 Å². The SMILES string of the molecule is CCC(=O)N1CCN(c2ccc(Cl)cc2NC(=O)c2sc3cc(Cl)ccc3c2Cl)CC1. The normalized spacial score (nSPS) is 14.2. The maximum atomic E-state index is 13.1. The second-order valence-electron chi connectivity index (χ2n) is 7.22. The fourth-order valence-electron chi connectivity index (χ4n) is 3.67. The van der Waals surface area contributed by atoms with Gasteiger partial charge < -0.3 is 15.1 Å². The first kappa shape index (κ1) is 22.2. The van der Waals surface area contributed by atoms with Crippen LogP contribution in [0.1, 0.15) is 23.0 Å². The van der Waals surface area contributed by atoms with Crippen LogP contribution in [-0.2, 0) is 4.79 Å². The molecule has 3 aromatic rings. The van der Waals surface area contributed by atoms with Crippen LogP contribution >= 0.6 is 46.1 Å². The number of hydrogen-bond acceptors (Lipinski definition) is 4. The van der Waals surface area contributed by atoms with Crippen molar-refractivity contribution in [3.8, 4) is 0 Å². The van der Waals surface area contributed by atoms with Crippen LogP contribution in [0.15, 0.2) is 36.4 Å². The third kappa shape index (κ3) is 4.62. The molecule has 162 valence electrons. The molecule has 0 saturated carbocycles. The van der Waals surface area contributed by atoms with E-state index in [1.807, 2.05) is 24.0 Å². The molecule has 0 aliphatic carbocycles. The summed E-state index contributed by atoms with van der Waals surface area (Å²) in [5.41, 5.74) is 1.47. The van der Waals surface area contributed by atoms with Gasteiger partial charge in [0.1, 0.15) is 4.88 Å². The molecule has 4 rings (SSSR count). The highest BCUT2D eigenvalue weighted by Crippen LogP contribution is 2.38. The summed E-state index contributed by atoms with van der Waals surface area (Å²) in [6.07, 6.45) is 0.503. The van der Waals surface area contributed by atoms with Crippen LogP contribution in [0, 0.1) is 0 Å². The quantitative estimate of drug-likeness (QED) is 0.470.